The third-order valence-electron chi connectivity index (χ3n) is 1.63. The molecule has 0 aliphatic rings. The monoisotopic (exact) mass is 267 g/mol. The van der Waals surface area contributed by atoms with Crippen molar-refractivity contribution < 1.29 is 26.4 Å². The second-order valence-corrected chi connectivity index (χ2v) is 3.82. The summed E-state index contributed by atoms with van der Waals surface area (Å²) in [4.78, 5) is 4.11. The summed E-state index contributed by atoms with van der Waals surface area (Å²) in [5, 5.41) is 2.81. The lowest BCUT2D eigenvalue weighted by molar-refractivity contribution is -0.0610. The topological polar surface area (TPSA) is 55.7 Å². The van der Waals surface area contributed by atoms with Crippen molar-refractivity contribution in [2.24, 2.45) is 5.16 Å². The van der Waals surface area contributed by atoms with Gasteiger partial charge in [0, 0.05) is 5.56 Å². The van der Waals surface area contributed by atoms with Gasteiger partial charge in [-0.2, -0.15) is 13.2 Å². The smallest absolute Gasteiger partial charge is 0.379 e. The average molecular weight is 267 g/mol. The predicted molar refractivity (Wildman–Crippen MR) is 55.3 cm³/mol. The summed E-state index contributed by atoms with van der Waals surface area (Å²) in [5.74, 6) is -0.887. The van der Waals surface area contributed by atoms with Crippen molar-refractivity contribution in [2.75, 3.05) is 5.94 Å². The summed E-state index contributed by atoms with van der Waals surface area (Å²) in [7, 11) is -2.93. The van der Waals surface area contributed by atoms with E-state index < -0.39 is 28.5 Å². The molecule has 94 valence electrons. The van der Waals surface area contributed by atoms with Gasteiger partial charge in [0.25, 0.3) is 0 Å². The van der Waals surface area contributed by atoms with Gasteiger partial charge in [-0.3, -0.25) is 0 Å². The molecule has 0 unspecified atom stereocenters. The second kappa shape index (κ2) is 5.67. The zero-order valence-electron chi connectivity index (χ0n) is 8.35. The Kier molecular flexibility index (Phi) is 4.50. The van der Waals surface area contributed by atoms with Crippen LogP contribution < -0.4 is 0 Å². The van der Waals surface area contributed by atoms with E-state index in [1.54, 1.807) is 6.07 Å². The molecule has 0 amide bonds. The van der Waals surface area contributed by atoms with Gasteiger partial charge < -0.3 is 4.84 Å². The van der Waals surface area contributed by atoms with E-state index in [-0.39, 0.29) is 5.56 Å². The average Bonchev–Trinajstić information content (AvgIpc) is 2.23. The van der Waals surface area contributed by atoms with E-state index >= 15 is 0 Å². The fourth-order valence-electron chi connectivity index (χ4n) is 1.00. The lowest BCUT2D eigenvalue weighted by Crippen LogP contribution is -2.24. The van der Waals surface area contributed by atoms with Crippen molar-refractivity contribution in [2.45, 2.75) is 6.18 Å². The number of oxime groups is 1. The summed E-state index contributed by atoms with van der Waals surface area (Å²) >= 11 is 0. The first kappa shape index (κ1) is 13.5. The van der Waals surface area contributed by atoms with Gasteiger partial charge in [0.05, 0.1) is 0 Å². The fourth-order valence-corrected chi connectivity index (χ4v) is 1.16. The maximum absolute atomic E-state index is 12.6. The minimum atomic E-state index is -4.71. The van der Waals surface area contributed by atoms with Gasteiger partial charge in [-0.15, -0.1) is 0 Å². The van der Waals surface area contributed by atoms with E-state index in [0.717, 1.165) is 0 Å². The van der Waals surface area contributed by atoms with Gasteiger partial charge in [0.2, 0.25) is 5.94 Å². The Labute approximate surface area is 96.6 Å². The molecule has 1 aromatic rings. The highest BCUT2D eigenvalue weighted by atomic mass is 32.2. The highest BCUT2D eigenvalue weighted by Gasteiger charge is 2.37. The Hall–Kier alpha value is -1.57. The molecular weight excluding hydrogens is 259 g/mol. The first-order chi connectivity index (χ1) is 7.91. The van der Waals surface area contributed by atoms with Crippen molar-refractivity contribution in [1.29, 1.82) is 0 Å². The molecule has 0 heterocycles. The van der Waals surface area contributed by atoms with E-state index in [9.17, 15) is 21.6 Å². The zero-order valence-corrected chi connectivity index (χ0v) is 9.24. The number of alkyl halides is 3. The molecule has 4 nitrogen and oxygen atoms in total. The van der Waals surface area contributed by atoms with Crippen LogP contribution in [0, 0.1) is 0 Å². The number of halogens is 3. The van der Waals surface area contributed by atoms with Gasteiger partial charge in [-0.05, 0) is 0 Å². The van der Waals surface area contributed by atoms with Gasteiger partial charge in [0.15, 0.2) is 16.4 Å². The molecule has 0 N–H and O–H groups in total. The molecule has 17 heavy (non-hydrogen) atoms. The third-order valence-corrected chi connectivity index (χ3v) is 1.96. The van der Waals surface area contributed by atoms with Gasteiger partial charge in [-0.25, -0.2) is 8.42 Å². The Bertz CT molecular complexity index is 460. The highest BCUT2D eigenvalue weighted by Crippen LogP contribution is 2.22. The third kappa shape index (κ3) is 4.43. The van der Waals surface area contributed by atoms with Crippen molar-refractivity contribution in [1.82, 2.24) is 0 Å². The van der Waals surface area contributed by atoms with E-state index in [4.69, 9.17) is 0 Å². The number of thiol groups is 1. The molecule has 0 aliphatic carbocycles. The second-order valence-electron chi connectivity index (χ2n) is 2.89. The molecule has 0 spiro atoms. The Morgan fingerprint density at radius 1 is 1.24 bits per heavy atom. The molecule has 0 atom stereocenters. The molecule has 8 heteroatoms. The molecule has 1 aromatic carbocycles. The first-order valence-corrected chi connectivity index (χ1v) is 5.72. The summed E-state index contributed by atoms with van der Waals surface area (Å²) in [6.45, 7) is 0. The zero-order chi connectivity index (χ0) is 12.9. The molecule has 0 bridgehead atoms. The molecule has 0 fully saturated rings. The summed E-state index contributed by atoms with van der Waals surface area (Å²) in [5.41, 5.74) is -1.46. The van der Waals surface area contributed by atoms with Crippen LogP contribution in [-0.2, 0) is 15.5 Å². The highest BCUT2D eigenvalue weighted by molar-refractivity contribution is 7.72. The van der Waals surface area contributed by atoms with E-state index in [1.165, 1.54) is 24.3 Å². The van der Waals surface area contributed by atoms with Crippen LogP contribution in [0.25, 0.3) is 0 Å². The van der Waals surface area contributed by atoms with Crippen LogP contribution in [0.2, 0.25) is 0 Å². The van der Waals surface area contributed by atoms with Crippen molar-refractivity contribution in [3.63, 3.8) is 0 Å². The predicted octanol–water partition coefficient (Wildman–Crippen LogP) is 1.54. The molecule has 1 rings (SSSR count). The summed E-state index contributed by atoms with van der Waals surface area (Å²) in [6.07, 6.45) is -4.71. The number of benzene rings is 1. The lowest BCUT2D eigenvalue weighted by Gasteiger charge is -2.09. The first-order valence-electron chi connectivity index (χ1n) is 4.35. The number of hydrogen-bond donors (Lipinski definition) is 1. The molecule has 0 aliphatic heterocycles. The lowest BCUT2D eigenvalue weighted by atomic mass is 10.1. The standard InChI is InChI=1S/C9H8F3NO3S/c10-9(11,12)8(13-16-6-17(14)15)7-4-2-1-3-5-7/h1-5,17H,6H2. The molecule has 0 radical (unpaired) electrons. The molecular formula is C9H8F3NO3S. The maximum Gasteiger partial charge on any atom is 0.437 e. The van der Waals surface area contributed by atoms with Crippen LogP contribution in [0.5, 0.6) is 0 Å². The minimum absolute atomic E-state index is 0.193. The largest absolute Gasteiger partial charge is 0.437 e. The SMILES string of the molecule is O=[SH](=O)CON=C(c1ccccc1)C(F)(F)F. The van der Waals surface area contributed by atoms with Crippen LogP contribution in [-0.4, -0.2) is 26.2 Å². The number of nitrogens with zero attached hydrogens (tertiary/aromatic N) is 1. The van der Waals surface area contributed by atoms with E-state index in [2.05, 4.69) is 9.99 Å². The summed E-state index contributed by atoms with van der Waals surface area (Å²) < 4.78 is 58.0. The minimum Gasteiger partial charge on any atom is -0.379 e. The van der Waals surface area contributed by atoms with Crippen LogP contribution in [0.3, 0.4) is 0 Å². The normalized spacial score (nSPS) is 12.8. The van der Waals surface area contributed by atoms with Crippen LogP contribution in [0.15, 0.2) is 35.5 Å². The Balaban J connectivity index is 2.97. The van der Waals surface area contributed by atoms with E-state index in [0.29, 0.717) is 0 Å². The van der Waals surface area contributed by atoms with Crippen LogP contribution >= 0.6 is 0 Å². The Morgan fingerprint density at radius 2 is 1.82 bits per heavy atom. The number of hydrogen-bond acceptors (Lipinski definition) is 4. The molecule has 0 saturated carbocycles. The van der Waals surface area contributed by atoms with Crippen molar-refractivity contribution in [3.05, 3.63) is 35.9 Å². The quantitative estimate of drug-likeness (QED) is 0.511. The van der Waals surface area contributed by atoms with Crippen molar-refractivity contribution >= 4 is 16.4 Å². The number of rotatable bonds is 4. The molecule has 0 saturated heterocycles. The van der Waals surface area contributed by atoms with Gasteiger partial charge in [-0.1, -0.05) is 35.5 Å². The van der Waals surface area contributed by atoms with Crippen LogP contribution in [0.1, 0.15) is 5.56 Å². The summed E-state index contributed by atoms with van der Waals surface area (Å²) in [6, 6.07) is 6.77. The Morgan fingerprint density at radius 3 is 2.29 bits per heavy atom. The van der Waals surface area contributed by atoms with Gasteiger partial charge in [0.1, 0.15) is 0 Å². The van der Waals surface area contributed by atoms with E-state index in [1.807, 2.05) is 0 Å². The van der Waals surface area contributed by atoms with Gasteiger partial charge >= 0.3 is 6.18 Å². The molecule has 0 aromatic heterocycles. The van der Waals surface area contributed by atoms with Crippen molar-refractivity contribution in [3.8, 4) is 0 Å². The van der Waals surface area contributed by atoms with Crippen LogP contribution in [0.4, 0.5) is 13.2 Å². The maximum atomic E-state index is 12.6. The fraction of sp³-hybridized carbons (Fsp3) is 0.222.